The van der Waals surface area contributed by atoms with Crippen molar-refractivity contribution in [2.24, 2.45) is 0 Å². The van der Waals surface area contributed by atoms with Gasteiger partial charge >= 0.3 is 0 Å². The number of nitriles is 1. The van der Waals surface area contributed by atoms with Gasteiger partial charge in [-0.3, -0.25) is 4.79 Å². The van der Waals surface area contributed by atoms with Crippen LogP contribution < -0.4 is 0 Å². The summed E-state index contributed by atoms with van der Waals surface area (Å²) >= 11 is 6.26. The maximum absolute atomic E-state index is 11.0. The molecule has 0 bridgehead atoms. The van der Waals surface area contributed by atoms with Crippen LogP contribution in [0.5, 0.6) is 0 Å². The molecular weight excluding hydrogens is 304 g/mol. The van der Waals surface area contributed by atoms with E-state index in [1.165, 1.54) is 0 Å². The summed E-state index contributed by atoms with van der Waals surface area (Å²) < 4.78 is 11.1. The number of fused-ring (bicyclic) bond motifs is 3. The highest BCUT2D eigenvalue weighted by Crippen LogP contribution is 2.42. The van der Waals surface area contributed by atoms with Gasteiger partial charge in [0.1, 0.15) is 0 Å². The molecule has 3 rings (SSSR count). The summed E-state index contributed by atoms with van der Waals surface area (Å²) in [6, 6.07) is 5.59. The average molecular weight is 319 g/mol. The lowest BCUT2D eigenvalue weighted by Gasteiger charge is -2.35. The van der Waals surface area contributed by atoms with Crippen molar-refractivity contribution >= 4 is 29.0 Å². The second-order valence-electron chi connectivity index (χ2n) is 5.25. The first-order valence-corrected chi connectivity index (χ1v) is 7.53. The van der Waals surface area contributed by atoms with Gasteiger partial charge in [-0.2, -0.15) is 5.26 Å². The van der Waals surface area contributed by atoms with Crippen molar-refractivity contribution in [2.75, 3.05) is 6.61 Å². The van der Waals surface area contributed by atoms with E-state index in [1.807, 2.05) is 6.92 Å². The fraction of sp³-hybridized carbons (Fsp3) is 0.375. The molecule has 6 heteroatoms. The molecule has 0 radical (unpaired) electrons. The number of nitrogens with zero attached hydrogens (tertiary/aromatic N) is 1. The Morgan fingerprint density at radius 2 is 2.41 bits per heavy atom. The summed E-state index contributed by atoms with van der Waals surface area (Å²) in [6.45, 7) is 2.82. The largest absolute Gasteiger partial charge is 0.429 e. The molecule has 2 heterocycles. The van der Waals surface area contributed by atoms with Gasteiger partial charge < -0.3 is 14.5 Å². The molecule has 0 saturated heterocycles. The lowest BCUT2D eigenvalue weighted by atomic mass is 9.95. The molecule has 1 atom stereocenters. The van der Waals surface area contributed by atoms with Gasteiger partial charge in [0, 0.05) is 11.8 Å². The van der Waals surface area contributed by atoms with E-state index in [1.54, 1.807) is 12.1 Å². The van der Waals surface area contributed by atoms with Crippen molar-refractivity contribution in [3.05, 3.63) is 34.0 Å². The lowest BCUT2D eigenvalue weighted by Crippen LogP contribution is -2.38. The average Bonchev–Trinajstić information content (AvgIpc) is 2.91. The molecule has 1 unspecified atom stereocenters. The number of benzene rings is 1. The number of hydrogen-bond acceptors (Lipinski definition) is 4. The van der Waals surface area contributed by atoms with Crippen molar-refractivity contribution in [3.8, 4) is 6.07 Å². The van der Waals surface area contributed by atoms with Crippen LogP contribution in [0.25, 0.3) is 10.9 Å². The quantitative estimate of drug-likeness (QED) is 0.877. The molecule has 0 amide bonds. The molecule has 0 saturated carbocycles. The maximum atomic E-state index is 11.0. The first-order chi connectivity index (χ1) is 10.7. The van der Waals surface area contributed by atoms with E-state index in [0.29, 0.717) is 47.7 Å². The highest BCUT2D eigenvalue weighted by Gasteiger charge is 2.42. The number of nitrogens with one attached hydrogen (secondary N) is 1. The third-order valence-corrected chi connectivity index (χ3v) is 4.33. The molecule has 22 heavy (non-hydrogen) atoms. The molecule has 0 aliphatic carbocycles. The fourth-order valence-corrected chi connectivity index (χ4v) is 3.36. The summed E-state index contributed by atoms with van der Waals surface area (Å²) in [5.41, 5.74) is 2.87. The molecule has 2 aromatic rings. The van der Waals surface area contributed by atoms with Crippen LogP contribution in [-0.4, -0.2) is 18.1 Å². The van der Waals surface area contributed by atoms with E-state index < -0.39 is 5.79 Å². The van der Waals surface area contributed by atoms with Crippen LogP contribution >= 0.6 is 11.6 Å². The molecule has 0 fully saturated rings. The van der Waals surface area contributed by atoms with Crippen molar-refractivity contribution in [1.29, 1.82) is 5.26 Å². The molecule has 114 valence electrons. The van der Waals surface area contributed by atoms with Gasteiger partial charge in [-0.15, -0.1) is 0 Å². The van der Waals surface area contributed by atoms with Crippen LogP contribution in [0.4, 0.5) is 0 Å². The van der Waals surface area contributed by atoms with E-state index in [4.69, 9.17) is 21.1 Å². The Balaban J connectivity index is 2.32. The minimum absolute atomic E-state index is 0.406. The molecular formula is C16H15ClN2O3. The minimum Gasteiger partial charge on any atom is -0.429 e. The number of carbonyl (C=O) groups is 1. The summed E-state index contributed by atoms with van der Waals surface area (Å²) in [7, 11) is 0. The van der Waals surface area contributed by atoms with E-state index in [-0.39, 0.29) is 0 Å². The first kappa shape index (κ1) is 14.9. The molecule has 1 aliphatic rings. The lowest BCUT2D eigenvalue weighted by molar-refractivity contribution is -0.239. The Morgan fingerprint density at radius 1 is 1.59 bits per heavy atom. The summed E-state index contributed by atoms with van der Waals surface area (Å²) in [4.78, 5) is 14.2. The van der Waals surface area contributed by atoms with E-state index in [0.717, 1.165) is 17.4 Å². The third-order valence-electron chi connectivity index (χ3n) is 4.01. The van der Waals surface area contributed by atoms with Crippen LogP contribution in [0.15, 0.2) is 12.1 Å². The Labute approximate surface area is 132 Å². The number of H-pyrrole nitrogens is 1. The Morgan fingerprint density at radius 3 is 3.09 bits per heavy atom. The predicted octanol–water partition coefficient (Wildman–Crippen LogP) is 3.39. The Bertz CT molecular complexity index is 778. The van der Waals surface area contributed by atoms with E-state index in [2.05, 4.69) is 11.1 Å². The number of carbonyl (C=O) groups excluding carboxylic acids is 1. The van der Waals surface area contributed by atoms with E-state index >= 15 is 0 Å². The third kappa shape index (κ3) is 2.07. The molecule has 1 N–H and O–H groups in total. The summed E-state index contributed by atoms with van der Waals surface area (Å²) in [5, 5.41) is 10.7. The van der Waals surface area contributed by atoms with E-state index in [9.17, 15) is 10.1 Å². The van der Waals surface area contributed by atoms with Crippen LogP contribution in [0.1, 0.15) is 36.6 Å². The van der Waals surface area contributed by atoms with Gasteiger partial charge in [-0.1, -0.05) is 18.5 Å². The Kier molecular flexibility index (Phi) is 3.81. The number of aromatic amines is 1. The second-order valence-corrected chi connectivity index (χ2v) is 5.66. The zero-order valence-corrected chi connectivity index (χ0v) is 12.9. The number of aromatic nitrogens is 1. The second kappa shape index (κ2) is 5.64. The minimum atomic E-state index is -1.13. The zero-order chi connectivity index (χ0) is 15.7. The van der Waals surface area contributed by atoms with Crippen molar-refractivity contribution < 1.29 is 14.3 Å². The zero-order valence-electron chi connectivity index (χ0n) is 12.1. The smallest absolute Gasteiger partial charge is 0.295 e. The number of rotatable bonds is 4. The van der Waals surface area contributed by atoms with Crippen LogP contribution in [0.3, 0.4) is 0 Å². The maximum Gasteiger partial charge on any atom is 0.295 e. The molecule has 1 aromatic carbocycles. The van der Waals surface area contributed by atoms with Gasteiger partial charge in [0.25, 0.3) is 12.3 Å². The van der Waals surface area contributed by atoms with Crippen molar-refractivity contribution in [2.45, 2.75) is 32.0 Å². The van der Waals surface area contributed by atoms with Crippen molar-refractivity contribution in [3.63, 3.8) is 0 Å². The monoisotopic (exact) mass is 318 g/mol. The van der Waals surface area contributed by atoms with Gasteiger partial charge in [0.05, 0.1) is 34.5 Å². The molecule has 0 spiro atoms. The van der Waals surface area contributed by atoms with Gasteiger partial charge in [-0.05, 0) is 30.5 Å². The standard InChI is InChI=1S/C16H15ClN2O3/c1-2-6-16(22-9-20)15-11(5-7-21-16)13-10(8-18)3-4-12(17)14(13)19-15/h3-4,9,19H,2,5-7H2,1H3. The predicted molar refractivity (Wildman–Crippen MR) is 81.4 cm³/mol. The summed E-state index contributed by atoms with van der Waals surface area (Å²) in [6.07, 6.45) is 1.95. The highest BCUT2D eigenvalue weighted by molar-refractivity contribution is 6.35. The number of halogens is 1. The molecule has 1 aromatic heterocycles. The summed E-state index contributed by atoms with van der Waals surface area (Å²) in [5.74, 6) is -1.13. The first-order valence-electron chi connectivity index (χ1n) is 7.16. The number of ether oxygens (including phenoxy) is 2. The highest BCUT2D eigenvalue weighted by atomic mass is 35.5. The topological polar surface area (TPSA) is 75.1 Å². The van der Waals surface area contributed by atoms with Gasteiger partial charge in [0.2, 0.25) is 0 Å². The van der Waals surface area contributed by atoms with Gasteiger partial charge in [0.15, 0.2) is 0 Å². The van der Waals surface area contributed by atoms with Crippen molar-refractivity contribution in [1.82, 2.24) is 4.98 Å². The van der Waals surface area contributed by atoms with Crippen LogP contribution in [-0.2, 0) is 26.5 Å². The Hall–Kier alpha value is -2.03. The van der Waals surface area contributed by atoms with Crippen LogP contribution in [0.2, 0.25) is 5.02 Å². The SMILES string of the molecule is CCCC1(OC=O)OCCc2c1[nH]c1c(Cl)ccc(C#N)c21. The van der Waals surface area contributed by atoms with Gasteiger partial charge in [-0.25, -0.2) is 0 Å². The van der Waals surface area contributed by atoms with Crippen LogP contribution in [0, 0.1) is 11.3 Å². The normalized spacial score (nSPS) is 20.4. The molecule has 1 aliphatic heterocycles. The molecule has 5 nitrogen and oxygen atoms in total. The fourth-order valence-electron chi connectivity index (χ4n) is 3.15. The number of hydrogen-bond donors (Lipinski definition) is 1.